The van der Waals surface area contributed by atoms with E-state index in [0.717, 1.165) is 17.8 Å². The molecule has 0 N–H and O–H groups in total. The van der Waals surface area contributed by atoms with Gasteiger partial charge in [-0.3, -0.25) is 0 Å². The van der Waals surface area contributed by atoms with Gasteiger partial charge in [-0.2, -0.15) is 0 Å². The summed E-state index contributed by atoms with van der Waals surface area (Å²) in [6, 6.07) is 4.77. The fourth-order valence-electron chi connectivity index (χ4n) is 6.13. The average Bonchev–Trinajstić information content (AvgIpc) is 2.80. The van der Waals surface area contributed by atoms with Crippen LogP contribution in [0.25, 0.3) is 12.2 Å². The van der Waals surface area contributed by atoms with Crippen LogP contribution in [0.1, 0.15) is 73.6 Å². The van der Waals surface area contributed by atoms with E-state index in [9.17, 15) is 0 Å². The zero-order valence-electron chi connectivity index (χ0n) is 12.5. The van der Waals surface area contributed by atoms with Crippen molar-refractivity contribution in [3.8, 4) is 0 Å². The minimum atomic E-state index is 0.691. The summed E-state index contributed by atoms with van der Waals surface area (Å²) >= 11 is 0. The Balaban J connectivity index is 1.61. The second-order valence-electron chi connectivity index (χ2n) is 7.98. The maximum atomic E-state index is 2.60. The number of rotatable bonds is 0. The first-order valence-electron chi connectivity index (χ1n) is 8.60. The van der Waals surface area contributed by atoms with Gasteiger partial charge in [-0.05, 0) is 83.9 Å². The van der Waals surface area contributed by atoms with Crippen molar-refractivity contribution in [3.63, 3.8) is 0 Å². The molecule has 0 aliphatic heterocycles. The quantitative estimate of drug-likeness (QED) is 0.596. The first-order chi connectivity index (χ1) is 9.76. The Labute approximate surface area is 122 Å². The van der Waals surface area contributed by atoms with Crippen LogP contribution in [0, 0.1) is 17.3 Å². The number of hydrogen-bond acceptors (Lipinski definition) is 0. The van der Waals surface area contributed by atoms with Crippen LogP contribution in [0.2, 0.25) is 0 Å². The predicted octanol–water partition coefficient (Wildman–Crippen LogP) is 5.42. The van der Waals surface area contributed by atoms with Gasteiger partial charge in [0.15, 0.2) is 0 Å². The lowest BCUT2D eigenvalue weighted by atomic mass is 9.55. The van der Waals surface area contributed by atoms with Crippen molar-refractivity contribution in [3.05, 3.63) is 34.4 Å². The zero-order valence-corrected chi connectivity index (χ0v) is 12.5. The Hall–Kier alpha value is -1.04. The largest absolute Gasteiger partial charge is 0.0594 e. The first kappa shape index (κ1) is 11.6. The van der Waals surface area contributed by atoms with Gasteiger partial charge in [-0.25, -0.2) is 0 Å². The highest BCUT2D eigenvalue weighted by atomic mass is 14.5. The van der Waals surface area contributed by atoms with Crippen LogP contribution in [0.15, 0.2) is 12.1 Å². The Morgan fingerprint density at radius 2 is 2.00 bits per heavy atom. The number of hydrogen-bond donors (Lipinski definition) is 0. The number of fused-ring (bicyclic) bond motifs is 7. The predicted molar refractivity (Wildman–Crippen MR) is 84.6 cm³/mol. The molecular weight excluding hydrogens is 240 g/mol. The molecule has 4 atom stereocenters. The van der Waals surface area contributed by atoms with E-state index >= 15 is 0 Å². The lowest BCUT2D eigenvalue weighted by molar-refractivity contribution is 0.0597. The van der Waals surface area contributed by atoms with Crippen molar-refractivity contribution < 1.29 is 0 Å². The third kappa shape index (κ3) is 1.33. The molecule has 104 valence electrons. The van der Waals surface area contributed by atoms with Crippen LogP contribution < -0.4 is 0 Å². The van der Waals surface area contributed by atoms with Gasteiger partial charge in [0, 0.05) is 0 Å². The summed E-state index contributed by atoms with van der Waals surface area (Å²) in [5, 5.41) is 0. The number of benzene rings is 1. The smallest absolute Gasteiger partial charge is 0.0122 e. The molecular formula is C20H24. The Kier molecular flexibility index (Phi) is 2.19. The van der Waals surface area contributed by atoms with Crippen molar-refractivity contribution in [2.45, 2.75) is 57.8 Å². The molecule has 4 aliphatic carbocycles. The van der Waals surface area contributed by atoms with Crippen LogP contribution in [0.4, 0.5) is 0 Å². The van der Waals surface area contributed by atoms with Gasteiger partial charge >= 0.3 is 0 Å². The van der Waals surface area contributed by atoms with Gasteiger partial charge in [0.05, 0.1) is 0 Å². The second kappa shape index (κ2) is 3.78. The van der Waals surface area contributed by atoms with E-state index in [1.54, 1.807) is 16.7 Å². The summed E-state index contributed by atoms with van der Waals surface area (Å²) in [6.45, 7) is 2.60. The Morgan fingerprint density at radius 1 is 1.05 bits per heavy atom. The minimum Gasteiger partial charge on any atom is -0.0594 e. The van der Waals surface area contributed by atoms with Crippen LogP contribution in [-0.2, 0) is 6.42 Å². The van der Waals surface area contributed by atoms with Crippen molar-refractivity contribution in [2.24, 2.45) is 17.3 Å². The Bertz CT molecular complexity index is 609. The highest BCUT2D eigenvalue weighted by Crippen LogP contribution is 2.61. The molecule has 5 rings (SSSR count). The molecule has 2 saturated carbocycles. The fraction of sp³-hybridized carbons (Fsp3) is 0.600. The van der Waals surface area contributed by atoms with E-state index in [1.165, 1.54) is 50.5 Å². The van der Waals surface area contributed by atoms with Gasteiger partial charge in [-0.1, -0.05) is 37.6 Å². The van der Waals surface area contributed by atoms with E-state index < -0.39 is 0 Å². The normalized spacial score (nSPS) is 40.4. The van der Waals surface area contributed by atoms with Gasteiger partial charge in [0.25, 0.3) is 0 Å². The summed E-state index contributed by atoms with van der Waals surface area (Å²) in [6.07, 6.45) is 14.9. The van der Waals surface area contributed by atoms with Crippen molar-refractivity contribution in [2.75, 3.05) is 0 Å². The van der Waals surface area contributed by atoms with Crippen LogP contribution >= 0.6 is 0 Å². The highest BCUT2D eigenvalue weighted by molar-refractivity contribution is 5.88. The van der Waals surface area contributed by atoms with Crippen LogP contribution in [0.3, 0.4) is 0 Å². The van der Waals surface area contributed by atoms with E-state index in [4.69, 9.17) is 0 Å². The lowest BCUT2D eigenvalue weighted by Gasteiger charge is -2.50. The standard InChI is InChI=1S/C20H24/c1-20-11-2-3-18(20)16-9-7-14-5-4-13-6-8-15(13)19(14)17(16)10-12-20/h4-6,8,16-18H,2-3,7,9-12H2,1H3/t16-,17+,18+,20+/m1/s1. The third-order valence-electron chi connectivity index (χ3n) is 7.18. The van der Waals surface area contributed by atoms with E-state index in [-0.39, 0.29) is 0 Å². The number of aryl methyl sites for hydroxylation is 1. The molecule has 0 bridgehead atoms. The molecule has 1 aromatic carbocycles. The maximum Gasteiger partial charge on any atom is -0.0122 e. The van der Waals surface area contributed by atoms with Gasteiger partial charge < -0.3 is 0 Å². The molecule has 1 aromatic rings. The topological polar surface area (TPSA) is 0 Å². The summed E-state index contributed by atoms with van der Waals surface area (Å²) in [4.78, 5) is 0. The SMILES string of the molecule is C[C@@]12CCC[C@H]1[C@@H]1CCc3ccc4c(c3[C@H]1CC2)C=C4. The first-order valence-corrected chi connectivity index (χ1v) is 8.60. The molecule has 0 aromatic heterocycles. The fourth-order valence-corrected chi connectivity index (χ4v) is 6.13. The zero-order chi connectivity index (χ0) is 13.3. The molecule has 0 saturated heterocycles. The lowest BCUT2D eigenvalue weighted by Crippen LogP contribution is -2.40. The molecule has 0 unspecified atom stereocenters. The molecule has 20 heavy (non-hydrogen) atoms. The highest BCUT2D eigenvalue weighted by Gasteiger charge is 2.50. The molecule has 2 fully saturated rings. The maximum absolute atomic E-state index is 2.60. The monoisotopic (exact) mass is 264 g/mol. The summed E-state index contributed by atoms with van der Waals surface area (Å²) in [7, 11) is 0. The van der Waals surface area contributed by atoms with Crippen molar-refractivity contribution >= 4 is 12.2 Å². The Morgan fingerprint density at radius 3 is 2.85 bits per heavy atom. The summed E-state index contributed by atoms with van der Waals surface area (Å²) in [5.41, 5.74) is 7.25. The molecule has 0 radical (unpaired) electrons. The summed E-state index contributed by atoms with van der Waals surface area (Å²) < 4.78 is 0. The van der Waals surface area contributed by atoms with E-state index in [2.05, 4.69) is 31.2 Å². The van der Waals surface area contributed by atoms with Crippen LogP contribution in [-0.4, -0.2) is 0 Å². The second-order valence-corrected chi connectivity index (χ2v) is 7.98. The molecule has 4 aliphatic rings. The minimum absolute atomic E-state index is 0.691. The third-order valence-corrected chi connectivity index (χ3v) is 7.18. The van der Waals surface area contributed by atoms with Crippen molar-refractivity contribution in [1.29, 1.82) is 0 Å². The van der Waals surface area contributed by atoms with Gasteiger partial charge in [0.1, 0.15) is 0 Å². The van der Waals surface area contributed by atoms with E-state index in [0.29, 0.717) is 5.41 Å². The molecule has 0 heteroatoms. The molecule has 0 nitrogen and oxygen atoms in total. The van der Waals surface area contributed by atoms with Crippen LogP contribution in [0.5, 0.6) is 0 Å². The van der Waals surface area contributed by atoms with Gasteiger partial charge in [-0.15, -0.1) is 0 Å². The summed E-state index contributed by atoms with van der Waals surface area (Å²) in [5.74, 6) is 2.90. The molecule has 0 heterocycles. The van der Waals surface area contributed by atoms with Crippen molar-refractivity contribution in [1.82, 2.24) is 0 Å². The van der Waals surface area contributed by atoms with E-state index in [1.807, 2.05) is 0 Å². The average molecular weight is 264 g/mol. The molecule has 0 amide bonds. The molecule has 0 spiro atoms. The van der Waals surface area contributed by atoms with Gasteiger partial charge in [0.2, 0.25) is 0 Å².